The molecule has 8 heteroatoms. The molecular formula is C16H23FN2O4S. The van der Waals surface area contributed by atoms with Crippen LogP contribution in [-0.2, 0) is 21.2 Å². The van der Waals surface area contributed by atoms with Gasteiger partial charge in [0.1, 0.15) is 11.6 Å². The molecule has 0 radical (unpaired) electrons. The first-order chi connectivity index (χ1) is 11.3. The van der Waals surface area contributed by atoms with Crippen LogP contribution in [0.3, 0.4) is 0 Å². The number of sulfone groups is 1. The second kappa shape index (κ2) is 8.55. The maximum absolute atomic E-state index is 12.9. The van der Waals surface area contributed by atoms with Crippen molar-refractivity contribution in [1.29, 1.82) is 0 Å². The Kier molecular flexibility index (Phi) is 6.70. The van der Waals surface area contributed by atoms with Gasteiger partial charge < -0.3 is 10.0 Å². The van der Waals surface area contributed by atoms with Crippen LogP contribution in [0.15, 0.2) is 24.3 Å². The highest BCUT2D eigenvalue weighted by Crippen LogP contribution is 2.10. The summed E-state index contributed by atoms with van der Waals surface area (Å²) in [4.78, 5) is 14.9. The van der Waals surface area contributed by atoms with Gasteiger partial charge in [0.2, 0.25) is 0 Å². The summed E-state index contributed by atoms with van der Waals surface area (Å²) >= 11 is 0. The lowest BCUT2D eigenvalue weighted by molar-refractivity contribution is -0.134. The molecule has 1 fully saturated rings. The fourth-order valence-electron chi connectivity index (χ4n) is 2.78. The molecule has 1 aromatic carbocycles. The van der Waals surface area contributed by atoms with Gasteiger partial charge in [-0.15, -0.1) is 0 Å². The summed E-state index contributed by atoms with van der Waals surface area (Å²) in [6, 6.07) is 6.45. The number of carboxylic acid groups (broad SMARTS) is 1. The number of aliphatic carboxylic acids is 1. The van der Waals surface area contributed by atoms with Gasteiger partial charge in [0.05, 0.1) is 5.75 Å². The van der Waals surface area contributed by atoms with Gasteiger partial charge >= 0.3 is 5.97 Å². The molecular weight excluding hydrogens is 335 g/mol. The van der Waals surface area contributed by atoms with E-state index in [1.54, 1.807) is 12.1 Å². The molecule has 0 unspecified atom stereocenters. The quantitative estimate of drug-likeness (QED) is 0.778. The second-order valence-corrected chi connectivity index (χ2v) is 8.27. The van der Waals surface area contributed by atoms with Crippen molar-refractivity contribution >= 4 is 15.8 Å². The lowest BCUT2D eigenvalue weighted by Gasteiger charge is -2.21. The normalized spacial score (nSPS) is 17.5. The third kappa shape index (κ3) is 6.54. The maximum atomic E-state index is 12.9. The number of carboxylic acids is 1. The highest BCUT2D eigenvalue weighted by Gasteiger charge is 2.20. The molecule has 0 aromatic heterocycles. The van der Waals surface area contributed by atoms with E-state index in [0.29, 0.717) is 6.54 Å². The van der Waals surface area contributed by atoms with Crippen molar-refractivity contribution < 1.29 is 22.7 Å². The minimum Gasteiger partial charge on any atom is -0.480 e. The summed E-state index contributed by atoms with van der Waals surface area (Å²) in [5.74, 6) is -2.49. The SMILES string of the molecule is O=C(O)CS(=O)(=O)CCN1CCCN(Cc2ccc(F)cc2)CC1. The van der Waals surface area contributed by atoms with Crippen LogP contribution in [0, 0.1) is 5.82 Å². The first kappa shape index (κ1) is 18.8. The van der Waals surface area contributed by atoms with E-state index in [2.05, 4.69) is 9.80 Å². The molecule has 0 spiro atoms. The molecule has 1 aromatic rings. The van der Waals surface area contributed by atoms with E-state index in [0.717, 1.165) is 44.7 Å². The third-order valence-electron chi connectivity index (χ3n) is 4.06. The zero-order chi connectivity index (χ0) is 17.6. The molecule has 1 saturated heterocycles. The summed E-state index contributed by atoms with van der Waals surface area (Å²) in [5.41, 5.74) is 1.05. The Hall–Kier alpha value is -1.51. The van der Waals surface area contributed by atoms with Crippen LogP contribution in [0.4, 0.5) is 4.39 Å². The van der Waals surface area contributed by atoms with E-state index >= 15 is 0 Å². The number of rotatable bonds is 7. The molecule has 2 rings (SSSR count). The van der Waals surface area contributed by atoms with Gasteiger partial charge in [-0.1, -0.05) is 12.1 Å². The summed E-state index contributed by atoms with van der Waals surface area (Å²) in [6.45, 7) is 4.34. The smallest absolute Gasteiger partial charge is 0.318 e. The predicted molar refractivity (Wildman–Crippen MR) is 89.0 cm³/mol. The highest BCUT2D eigenvalue weighted by molar-refractivity contribution is 7.92. The highest BCUT2D eigenvalue weighted by atomic mass is 32.2. The maximum Gasteiger partial charge on any atom is 0.318 e. The average Bonchev–Trinajstić information content (AvgIpc) is 2.72. The molecule has 1 heterocycles. The van der Waals surface area contributed by atoms with Crippen molar-refractivity contribution in [3.63, 3.8) is 0 Å². The van der Waals surface area contributed by atoms with Gasteiger partial charge in [-0.25, -0.2) is 12.8 Å². The molecule has 0 saturated carbocycles. The van der Waals surface area contributed by atoms with Crippen molar-refractivity contribution in [3.8, 4) is 0 Å². The number of nitrogens with zero attached hydrogens (tertiary/aromatic N) is 2. The molecule has 0 amide bonds. The Balaban J connectivity index is 1.80. The van der Waals surface area contributed by atoms with E-state index < -0.39 is 21.6 Å². The van der Waals surface area contributed by atoms with Gasteiger partial charge in [-0.3, -0.25) is 9.69 Å². The van der Waals surface area contributed by atoms with Crippen LogP contribution in [0.5, 0.6) is 0 Å². The van der Waals surface area contributed by atoms with E-state index in [1.807, 2.05) is 0 Å². The lowest BCUT2D eigenvalue weighted by atomic mass is 10.2. The van der Waals surface area contributed by atoms with E-state index in [4.69, 9.17) is 5.11 Å². The van der Waals surface area contributed by atoms with E-state index in [1.165, 1.54) is 12.1 Å². The molecule has 24 heavy (non-hydrogen) atoms. The number of hydrogen-bond donors (Lipinski definition) is 1. The van der Waals surface area contributed by atoms with Gasteiger partial charge in [0.25, 0.3) is 0 Å². The number of carbonyl (C=O) groups is 1. The number of halogens is 1. The van der Waals surface area contributed by atoms with E-state index in [9.17, 15) is 17.6 Å². The number of benzene rings is 1. The molecule has 6 nitrogen and oxygen atoms in total. The lowest BCUT2D eigenvalue weighted by Crippen LogP contribution is -2.34. The fourth-order valence-corrected chi connectivity index (χ4v) is 3.84. The van der Waals surface area contributed by atoms with E-state index in [-0.39, 0.29) is 11.6 Å². The summed E-state index contributed by atoms with van der Waals surface area (Å²) in [6.07, 6.45) is 0.917. The zero-order valence-electron chi connectivity index (χ0n) is 13.5. The van der Waals surface area contributed by atoms with Crippen LogP contribution in [-0.4, -0.2) is 73.5 Å². The number of hydrogen-bond acceptors (Lipinski definition) is 5. The molecule has 134 valence electrons. The molecule has 0 aliphatic carbocycles. The molecule has 1 N–H and O–H groups in total. The van der Waals surface area contributed by atoms with Gasteiger partial charge in [0.15, 0.2) is 9.84 Å². The first-order valence-electron chi connectivity index (χ1n) is 7.95. The average molecular weight is 358 g/mol. The standard InChI is InChI=1S/C16H23FN2O4S/c17-15-4-2-14(3-5-15)12-19-7-1-6-18(8-9-19)10-11-24(22,23)13-16(20)21/h2-5H,1,6-13H2,(H,20,21). The monoisotopic (exact) mass is 358 g/mol. The van der Waals surface area contributed by atoms with Crippen molar-refractivity contribution in [3.05, 3.63) is 35.6 Å². The van der Waals surface area contributed by atoms with Crippen LogP contribution >= 0.6 is 0 Å². The zero-order valence-corrected chi connectivity index (χ0v) is 14.3. The van der Waals surface area contributed by atoms with Crippen molar-refractivity contribution in [2.24, 2.45) is 0 Å². The van der Waals surface area contributed by atoms with Crippen LogP contribution < -0.4 is 0 Å². The Morgan fingerprint density at radius 2 is 1.71 bits per heavy atom. The van der Waals surface area contributed by atoms with Crippen LogP contribution in [0.2, 0.25) is 0 Å². The molecule has 1 aliphatic rings. The fraction of sp³-hybridized carbons (Fsp3) is 0.562. The largest absolute Gasteiger partial charge is 0.480 e. The molecule has 0 atom stereocenters. The summed E-state index contributed by atoms with van der Waals surface area (Å²) in [5, 5.41) is 8.60. The third-order valence-corrected chi connectivity index (χ3v) is 5.55. The Morgan fingerprint density at radius 3 is 2.38 bits per heavy atom. The van der Waals surface area contributed by atoms with Gasteiger partial charge in [0, 0.05) is 26.2 Å². The summed E-state index contributed by atoms with van der Waals surface area (Å²) < 4.78 is 36.2. The van der Waals surface area contributed by atoms with Crippen LogP contribution in [0.25, 0.3) is 0 Å². The minimum atomic E-state index is -3.55. The Morgan fingerprint density at radius 1 is 1.08 bits per heavy atom. The Labute approximate surface area is 141 Å². The van der Waals surface area contributed by atoms with Crippen molar-refractivity contribution in [2.75, 3.05) is 44.2 Å². The second-order valence-electron chi connectivity index (χ2n) is 6.08. The van der Waals surface area contributed by atoms with Gasteiger partial charge in [-0.05, 0) is 37.2 Å². The topological polar surface area (TPSA) is 77.9 Å². The van der Waals surface area contributed by atoms with Crippen LogP contribution in [0.1, 0.15) is 12.0 Å². The molecule has 0 bridgehead atoms. The minimum absolute atomic E-state index is 0.128. The van der Waals surface area contributed by atoms with Crippen molar-refractivity contribution in [2.45, 2.75) is 13.0 Å². The first-order valence-corrected chi connectivity index (χ1v) is 9.77. The Bertz CT molecular complexity index is 649. The molecule has 1 aliphatic heterocycles. The predicted octanol–water partition coefficient (Wildman–Crippen LogP) is 0.833. The van der Waals surface area contributed by atoms with Crippen molar-refractivity contribution in [1.82, 2.24) is 9.80 Å². The summed E-state index contributed by atoms with van der Waals surface area (Å²) in [7, 11) is -3.55. The van der Waals surface area contributed by atoms with Gasteiger partial charge in [-0.2, -0.15) is 0 Å².